The molecule has 0 saturated carbocycles. The van der Waals surface area contributed by atoms with Crippen LogP contribution >= 0.6 is 0 Å². The second-order valence-electron chi connectivity index (χ2n) is 5.01. The lowest BCUT2D eigenvalue weighted by Crippen LogP contribution is -2.50. The molecule has 2 rings (SSSR count). The first-order chi connectivity index (χ1) is 9.11. The number of carbonyl (C=O) groups excluding carboxylic acids is 1. The fraction of sp³-hybridized carbons (Fsp3) is 0.533. The molecule has 1 fully saturated rings. The third-order valence-corrected chi connectivity index (χ3v) is 3.76. The van der Waals surface area contributed by atoms with Crippen LogP contribution < -0.4 is 4.90 Å². The number of amides is 1. The van der Waals surface area contributed by atoms with Crippen LogP contribution in [-0.4, -0.2) is 50.2 Å². The van der Waals surface area contributed by atoms with Gasteiger partial charge in [-0.05, 0) is 25.5 Å². The van der Waals surface area contributed by atoms with Crippen molar-refractivity contribution >= 4 is 11.6 Å². The molecule has 1 atom stereocenters. The van der Waals surface area contributed by atoms with Crippen LogP contribution in [-0.2, 0) is 9.53 Å². The van der Waals surface area contributed by atoms with Crippen LogP contribution in [0, 0.1) is 6.92 Å². The molecule has 1 saturated heterocycles. The van der Waals surface area contributed by atoms with E-state index in [-0.39, 0.29) is 11.9 Å². The lowest BCUT2D eigenvalue weighted by molar-refractivity contribution is -0.124. The summed E-state index contributed by atoms with van der Waals surface area (Å²) in [6.45, 7) is 7.08. The maximum atomic E-state index is 12.5. The number of anilines is 1. The maximum Gasteiger partial charge on any atom is 0.243 e. The number of likely N-dealkylation sites (N-methyl/N-ethyl adjacent to an activating group) is 1. The zero-order valence-corrected chi connectivity index (χ0v) is 11.9. The molecule has 4 nitrogen and oxygen atoms in total. The molecule has 1 aromatic carbocycles. The third-order valence-electron chi connectivity index (χ3n) is 3.76. The third kappa shape index (κ3) is 3.14. The Morgan fingerprint density at radius 2 is 1.95 bits per heavy atom. The Bertz CT molecular complexity index is 442. The van der Waals surface area contributed by atoms with Gasteiger partial charge in [0.05, 0.1) is 19.3 Å². The van der Waals surface area contributed by atoms with Gasteiger partial charge in [-0.1, -0.05) is 18.2 Å². The van der Waals surface area contributed by atoms with E-state index in [1.165, 1.54) is 0 Å². The summed E-state index contributed by atoms with van der Waals surface area (Å²) in [6.07, 6.45) is 0. The number of carbonyl (C=O) groups is 1. The highest BCUT2D eigenvalue weighted by Gasteiger charge is 2.26. The highest BCUT2D eigenvalue weighted by molar-refractivity contribution is 5.97. The van der Waals surface area contributed by atoms with Gasteiger partial charge in [0, 0.05) is 25.8 Å². The largest absolute Gasteiger partial charge is 0.379 e. The van der Waals surface area contributed by atoms with Gasteiger partial charge in [0.25, 0.3) is 0 Å². The Hall–Kier alpha value is -1.39. The van der Waals surface area contributed by atoms with Gasteiger partial charge in [-0.25, -0.2) is 0 Å². The lowest BCUT2D eigenvalue weighted by Gasteiger charge is -2.33. The minimum absolute atomic E-state index is 0.103. The van der Waals surface area contributed by atoms with E-state index in [0.29, 0.717) is 13.2 Å². The number of morpholine rings is 1. The Morgan fingerprint density at radius 3 is 2.58 bits per heavy atom. The SMILES string of the molecule is Cc1ccccc1N(C)C(=O)C(C)N1CCOCC1. The number of hydrogen-bond donors (Lipinski definition) is 0. The van der Waals surface area contributed by atoms with Crippen LogP contribution in [0.25, 0.3) is 0 Å². The van der Waals surface area contributed by atoms with Crippen molar-refractivity contribution in [3.8, 4) is 0 Å². The Kier molecular flexibility index (Phi) is 4.56. The topological polar surface area (TPSA) is 32.8 Å². The number of benzene rings is 1. The quantitative estimate of drug-likeness (QED) is 0.831. The highest BCUT2D eigenvalue weighted by Crippen LogP contribution is 2.19. The number of rotatable bonds is 3. The molecule has 104 valence electrons. The van der Waals surface area contributed by atoms with Crippen molar-refractivity contribution in [2.45, 2.75) is 19.9 Å². The zero-order chi connectivity index (χ0) is 13.8. The molecule has 0 N–H and O–H groups in total. The first-order valence-electron chi connectivity index (χ1n) is 6.76. The second kappa shape index (κ2) is 6.17. The van der Waals surface area contributed by atoms with Crippen LogP contribution in [0.3, 0.4) is 0 Å². The molecule has 0 bridgehead atoms. The van der Waals surface area contributed by atoms with Crippen LogP contribution in [0.2, 0.25) is 0 Å². The van der Waals surface area contributed by atoms with Gasteiger partial charge in [0.1, 0.15) is 0 Å². The second-order valence-corrected chi connectivity index (χ2v) is 5.01. The van der Waals surface area contributed by atoms with E-state index in [1.807, 2.05) is 45.2 Å². The smallest absolute Gasteiger partial charge is 0.243 e. The average Bonchev–Trinajstić information content (AvgIpc) is 2.46. The van der Waals surface area contributed by atoms with Gasteiger partial charge in [0.2, 0.25) is 5.91 Å². The van der Waals surface area contributed by atoms with E-state index >= 15 is 0 Å². The molecular formula is C15H22N2O2. The monoisotopic (exact) mass is 262 g/mol. The average molecular weight is 262 g/mol. The predicted octanol–water partition coefficient (Wildman–Crippen LogP) is 1.68. The normalized spacial score (nSPS) is 18.1. The summed E-state index contributed by atoms with van der Waals surface area (Å²) in [5.74, 6) is 0.135. The predicted molar refractivity (Wildman–Crippen MR) is 76.4 cm³/mol. The van der Waals surface area contributed by atoms with Gasteiger partial charge in [-0.15, -0.1) is 0 Å². The fourth-order valence-electron chi connectivity index (χ4n) is 2.46. The molecule has 1 unspecified atom stereocenters. The van der Waals surface area contributed by atoms with E-state index in [1.54, 1.807) is 4.90 Å². The number of para-hydroxylation sites is 1. The molecule has 1 aromatic rings. The molecule has 0 radical (unpaired) electrons. The fourth-order valence-corrected chi connectivity index (χ4v) is 2.46. The van der Waals surface area contributed by atoms with E-state index in [0.717, 1.165) is 24.3 Å². The van der Waals surface area contributed by atoms with Crippen LogP contribution in [0.1, 0.15) is 12.5 Å². The van der Waals surface area contributed by atoms with Crippen molar-refractivity contribution in [1.29, 1.82) is 0 Å². The van der Waals surface area contributed by atoms with E-state index in [2.05, 4.69) is 4.90 Å². The minimum Gasteiger partial charge on any atom is -0.379 e. The molecule has 0 aromatic heterocycles. The van der Waals surface area contributed by atoms with Crippen LogP contribution in [0.5, 0.6) is 0 Å². The molecule has 0 aliphatic carbocycles. The Labute approximate surface area is 115 Å². The van der Waals surface area contributed by atoms with Crippen molar-refractivity contribution in [3.63, 3.8) is 0 Å². The van der Waals surface area contributed by atoms with Gasteiger partial charge in [-0.3, -0.25) is 9.69 Å². The molecule has 1 amide bonds. The molecular weight excluding hydrogens is 240 g/mol. The first-order valence-corrected chi connectivity index (χ1v) is 6.76. The van der Waals surface area contributed by atoms with Crippen molar-refractivity contribution in [3.05, 3.63) is 29.8 Å². The number of hydrogen-bond acceptors (Lipinski definition) is 3. The van der Waals surface area contributed by atoms with Crippen molar-refractivity contribution in [1.82, 2.24) is 4.90 Å². The zero-order valence-electron chi connectivity index (χ0n) is 11.9. The van der Waals surface area contributed by atoms with E-state index in [4.69, 9.17) is 4.74 Å². The first kappa shape index (κ1) is 14.0. The summed E-state index contributed by atoms with van der Waals surface area (Å²) in [6, 6.07) is 7.86. The molecule has 1 aliphatic heterocycles. The van der Waals surface area contributed by atoms with Crippen molar-refractivity contribution < 1.29 is 9.53 Å². The maximum absolute atomic E-state index is 12.5. The number of nitrogens with zero attached hydrogens (tertiary/aromatic N) is 2. The van der Waals surface area contributed by atoms with E-state index < -0.39 is 0 Å². The summed E-state index contributed by atoms with van der Waals surface area (Å²) in [7, 11) is 1.85. The lowest BCUT2D eigenvalue weighted by atomic mass is 10.1. The summed E-state index contributed by atoms with van der Waals surface area (Å²) in [5, 5.41) is 0. The van der Waals surface area contributed by atoms with Gasteiger partial charge < -0.3 is 9.64 Å². The molecule has 1 heterocycles. The van der Waals surface area contributed by atoms with Crippen molar-refractivity contribution in [2.75, 3.05) is 38.3 Å². The summed E-state index contributed by atoms with van der Waals surface area (Å²) in [4.78, 5) is 16.5. The number of ether oxygens (including phenoxy) is 1. The summed E-state index contributed by atoms with van der Waals surface area (Å²) < 4.78 is 5.33. The Morgan fingerprint density at radius 1 is 1.32 bits per heavy atom. The number of aryl methyl sites for hydroxylation is 1. The highest BCUT2D eigenvalue weighted by atomic mass is 16.5. The standard InChI is InChI=1S/C15H22N2O2/c1-12-6-4-5-7-14(12)16(3)15(18)13(2)17-8-10-19-11-9-17/h4-7,13H,8-11H2,1-3H3. The molecule has 19 heavy (non-hydrogen) atoms. The van der Waals surface area contributed by atoms with Crippen LogP contribution in [0.4, 0.5) is 5.69 Å². The van der Waals surface area contributed by atoms with Crippen molar-refractivity contribution in [2.24, 2.45) is 0 Å². The Balaban J connectivity index is 2.08. The minimum atomic E-state index is -0.103. The van der Waals surface area contributed by atoms with Gasteiger partial charge >= 0.3 is 0 Å². The summed E-state index contributed by atoms with van der Waals surface area (Å²) >= 11 is 0. The van der Waals surface area contributed by atoms with Gasteiger partial charge in [0.15, 0.2) is 0 Å². The summed E-state index contributed by atoms with van der Waals surface area (Å²) in [5.41, 5.74) is 2.10. The molecule has 0 spiro atoms. The van der Waals surface area contributed by atoms with Crippen LogP contribution in [0.15, 0.2) is 24.3 Å². The molecule has 4 heteroatoms. The van der Waals surface area contributed by atoms with E-state index in [9.17, 15) is 4.79 Å². The molecule has 1 aliphatic rings. The van der Waals surface area contributed by atoms with Gasteiger partial charge in [-0.2, -0.15) is 0 Å².